The van der Waals surface area contributed by atoms with Crippen LogP contribution >= 0.6 is 0 Å². The number of hydrogen-bond donors (Lipinski definition) is 3. The highest BCUT2D eigenvalue weighted by atomic mass is 16.5. The van der Waals surface area contributed by atoms with Gasteiger partial charge in [-0.2, -0.15) is 0 Å². The van der Waals surface area contributed by atoms with Crippen molar-refractivity contribution >= 4 is 5.91 Å². The molecular formula is C18H29N3O2+2. The predicted octanol–water partition coefficient (Wildman–Crippen LogP) is -1.48. The molecule has 1 saturated heterocycles. The quantitative estimate of drug-likeness (QED) is 0.574. The maximum absolute atomic E-state index is 12.1. The van der Waals surface area contributed by atoms with Crippen LogP contribution in [-0.2, 0) is 4.79 Å². The van der Waals surface area contributed by atoms with E-state index in [0.29, 0.717) is 6.04 Å². The largest absolute Gasteiger partial charge is 0.488 e. The number of quaternary nitrogens is 2. The SMILES string of the molecule is C[C@H](C(=O)NC1CC1)[NH+]1CC[NH+](CCOc2ccccc2)CC1. The van der Waals surface area contributed by atoms with Crippen LogP contribution in [0.3, 0.4) is 0 Å². The molecule has 1 saturated carbocycles. The van der Waals surface area contributed by atoms with Gasteiger partial charge < -0.3 is 19.9 Å². The van der Waals surface area contributed by atoms with Crippen LogP contribution in [0, 0.1) is 0 Å². The second-order valence-corrected chi connectivity index (χ2v) is 6.82. The molecule has 0 spiro atoms. The zero-order valence-corrected chi connectivity index (χ0v) is 14.0. The molecule has 0 aromatic heterocycles. The molecule has 23 heavy (non-hydrogen) atoms. The number of para-hydroxylation sites is 1. The maximum Gasteiger partial charge on any atom is 0.278 e. The Kier molecular flexibility index (Phi) is 5.51. The minimum Gasteiger partial charge on any atom is -0.488 e. The summed E-state index contributed by atoms with van der Waals surface area (Å²) in [5.41, 5.74) is 0. The number of hydrogen-bond acceptors (Lipinski definition) is 2. The van der Waals surface area contributed by atoms with E-state index in [4.69, 9.17) is 4.74 Å². The fraction of sp³-hybridized carbons (Fsp3) is 0.611. The van der Waals surface area contributed by atoms with Gasteiger partial charge in [0.05, 0.1) is 0 Å². The first kappa shape index (κ1) is 16.3. The Morgan fingerprint density at radius 3 is 2.57 bits per heavy atom. The van der Waals surface area contributed by atoms with E-state index in [-0.39, 0.29) is 11.9 Å². The van der Waals surface area contributed by atoms with Crippen LogP contribution in [0.4, 0.5) is 0 Å². The van der Waals surface area contributed by atoms with E-state index in [1.54, 1.807) is 4.90 Å². The maximum atomic E-state index is 12.1. The lowest BCUT2D eigenvalue weighted by molar-refractivity contribution is -1.02. The van der Waals surface area contributed by atoms with Gasteiger partial charge in [-0.25, -0.2) is 0 Å². The van der Waals surface area contributed by atoms with E-state index in [9.17, 15) is 4.79 Å². The van der Waals surface area contributed by atoms with Crippen LogP contribution in [0.2, 0.25) is 0 Å². The molecule has 0 unspecified atom stereocenters. The molecule has 3 rings (SSSR count). The Morgan fingerprint density at radius 2 is 1.91 bits per heavy atom. The second kappa shape index (κ2) is 7.79. The molecule has 5 heteroatoms. The van der Waals surface area contributed by atoms with Gasteiger partial charge in [-0.3, -0.25) is 4.79 Å². The summed E-state index contributed by atoms with van der Waals surface area (Å²) in [6, 6.07) is 10.5. The van der Waals surface area contributed by atoms with Crippen molar-refractivity contribution in [1.29, 1.82) is 0 Å². The molecule has 2 aliphatic rings. The topological polar surface area (TPSA) is 47.2 Å². The average Bonchev–Trinajstić information content (AvgIpc) is 3.40. The minimum absolute atomic E-state index is 0.0812. The number of piperazine rings is 1. The molecule has 126 valence electrons. The number of benzene rings is 1. The third kappa shape index (κ3) is 4.94. The Balaban J connectivity index is 1.34. The average molecular weight is 319 g/mol. The van der Waals surface area contributed by atoms with Crippen molar-refractivity contribution < 1.29 is 19.3 Å². The minimum atomic E-state index is 0.0812. The molecule has 0 bridgehead atoms. The van der Waals surface area contributed by atoms with E-state index < -0.39 is 0 Å². The van der Waals surface area contributed by atoms with E-state index in [2.05, 4.69) is 12.2 Å². The van der Waals surface area contributed by atoms with Crippen LogP contribution in [0.5, 0.6) is 5.75 Å². The third-order valence-electron chi connectivity index (χ3n) is 5.00. The summed E-state index contributed by atoms with van der Waals surface area (Å²) >= 11 is 0. The molecule has 1 aliphatic heterocycles. The van der Waals surface area contributed by atoms with Crippen LogP contribution in [0.25, 0.3) is 0 Å². The normalized spacial score (nSPS) is 25.6. The van der Waals surface area contributed by atoms with Crippen molar-refractivity contribution in [3.8, 4) is 5.75 Å². The molecule has 1 atom stereocenters. The molecular weight excluding hydrogens is 290 g/mol. The Morgan fingerprint density at radius 1 is 1.22 bits per heavy atom. The Bertz CT molecular complexity index is 496. The molecule has 1 amide bonds. The monoisotopic (exact) mass is 319 g/mol. The highest BCUT2D eigenvalue weighted by molar-refractivity contribution is 5.80. The predicted molar refractivity (Wildman–Crippen MR) is 88.8 cm³/mol. The molecule has 1 aliphatic carbocycles. The van der Waals surface area contributed by atoms with E-state index in [1.807, 2.05) is 30.3 Å². The van der Waals surface area contributed by atoms with Gasteiger partial charge in [0.15, 0.2) is 6.04 Å². The van der Waals surface area contributed by atoms with Crippen molar-refractivity contribution in [2.24, 2.45) is 0 Å². The fourth-order valence-corrected chi connectivity index (χ4v) is 3.18. The highest BCUT2D eigenvalue weighted by Crippen LogP contribution is 2.18. The van der Waals surface area contributed by atoms with Gasteiger partial charge in [0.25, 0.3) is 5.91 Å². The van der Waals surface area contributed by atoms with Crippen LogP contribution in [0.1, 0.15) is 19.8 Å². The first-order valence-corrected chi connectivity index (χ1v) is 8.89. The van der Waals surface area contributed by atoms with Gasteiger partial charge in [0, 0.05) is 6.04 Å². The van der Waals surface area contributed by atoms with Gasteiger partial charge in [0.2, 0.25) is 0 Å². The fourth-order valence-electron chi connectivity index (χ4n) is 3.18. The second-order valence-electron chi connectivity index (χ2n) is 6.82. The van der Waals surface area contributed by atoms with Crippen LogP contribution < -0.4 is 19.9 Å². The summed E-state index contributed by atoms with van der Waals surface area (Å²) in [7, 11) is 0. The van der Waals surface area contributed by atoms with Gasteiger partial charge in [0.1, 0.15) is 45.1 Å². The zero-order chi connectivity index (χ0) is 16.1. The summed E-state index contributed by atoms with van der Waals surface area (Å²) in [5.74, 6) is 1.18. The van der Waals surface area contributed by atoms with Crippen molar-refractivity contribution in [2.45, 2.75) is 31.8 Å². The lowest BCUT2D eigenvalue weighted by Gasteiger charge is -2.32. The lowest BCUT2D eigenvalue weighted by Crippen LogP contribution is -3.30. The van der Waals surface area contributed by atoms with Crippen molar-refractivity contribution in [2.75, 3.05) is 39.3 Å². The molecule has 5 nitrogen and oxygen atoms in total. The molecule has 0 radical (unpaired) electrons. The van der Waals surface area contributed by atoms with E-state index >= 15 is 0 Å². The Hall–Kier alpha value is -1.59. The van der Waals surface area contributed by atoms with E-state index in [0.717, 1.165) is 57.9 Å². The molecule has 2 fully saturated rings. The molecule has 1 aromatic carbocycles. The standard InChI is InChI=1S/C18H27N3O2/c1-15(18(22)19-16-7-8-16)21-11-9-20(10-12-21)13-14-23-17-5-3-2-4-6-17/h2-6,15-16H,7-14H2,1H3,(H,19,22)/p+2/t15-/m1/s1. The number of nitrogens with one attached hydrogen (secondary N) is 3. The smallest absolute Gasteiger partial charge is 0.278 e. The first-order chi connectivity index (χ1) is 11.2. The molecule has 1 heterocycles. The van der Waals surface area contributed by atoms with Gasteiger partial charge in [-0.05, 0) is 31.9 Å². The Labute approximate surface area is 138 Å². The highest BCUT2D eigenvalue weighted by Gasteiger charge is 2.33. The van der Waals surface area contributed by atoms with Gasteiger partial charge in [-0.15, -0.1) is 0 Å². The number of carbonyl (C=O) groups excluding carboxylic acids is 1. The number of ether oxygens (including phenoxy) is 1. The summed E-state index contributed by atoms with van der Waals surface area (Å²) in [5, 5.41) is 3.13. The third-order valence-corrected chi connectivity index (χ3v) is 5.00. The van der Waals surface area contributed by atoms with Crippen molar-refractivity contribution in [3.63, 3.8) is 0 Å². The summed E-state index contributed by atoms with van der Waals surface area (Å²) in [4.78, 5) is 15.2. The van der Waals surface area contributed by atoms with Crippen LogP contribution in [0.15, 0.2) is 30.3 Å². The summed E-state index contributed by atoms with van der Waals surface area (Å²) in [6.07, 6.45) is 2.32. The van der Waals surface area contributed by atoms with Crippen molar-refractivity contribution in [3.05, 3.63) is 30.3 Å². The zero-order valence-electron chi connectivity index (χ0n) is 14.0. The number of carbonyl (C=O) groups is 1. The van der Waals surface area contributed by atoms with E-state index in [1.165, 1.54) is 4.90 Å². The summed E-state index contributed by atoms with van der Waals surface area (Å²) < 4.78 is 5.78. The van der Waals surface area contributed by atoms with Gasteiger partial charge >= 0.3 is 0 Å². The number of amides is 1. The van der Waals surface area contributed by atoms with Crippen LogP contribution in [-0.4, -0.2) is 57.3 Å². The van der Waals surface area contributed by atoms with Gasteiger partial charge in [-0.1, -0.05) is 18.2 Å². The lowest BCUT2D eigenvalue weighted by atomic mass is 10.2. The first-order valence-electron chi connectivity index (χ1n) is 8.89. The molecule has 1 aromatic rings. The van der Waals surface area contributed by atoms with Crippen molar-refractivity contribution in [1.82, 2.24) is 5.32 Å². The number of rotatable bonds is 7. The molecule has 3 N–H and O–H groups in total. The summed E-state index contributed by atoms with van der Waals surface area (Å²) in [6.45, 7) is 8.23.